The minimum absolute atomic E-state index is 0.0894. The largest absolute Gasteiger partial charge is 0.497 e. The Morgan fingerprint density at radius 3 is 2.75 bits per heavy atom. The number of imide groups is 1. The van der Waals surface area contributed by atoms with Crippen molar-refractivity contribution in [2.45, 2.75) is 19.0 Å². The lowest BCUT2D eigenvalue weighted by Gasteiger charge is -2.32. The number of nitrogens with zero attached hydrogens (tertiary/aromatic N) is 3. The lowest BCUT2D eigenvalue weighted by molar-refractivity contribution is -0.108. The fourth-order valence-electron chi connectivity index (χ4n) is 4.38. The van der Waals surface area contributed by atoms with E-state index in [-0.39, 0.29) is 12.5 Å². The molecule has 4 amide bonds. The lowest BCUT2D eigenvalue weighted by Crippen LogP contribution is -2.53. The first-order chi connectivity index (χ1) is 17.4. The van der Waals surface area contributed by atoms with Gasteiger partial charge in [0.05, 0.1) is 19.3 Å². The molecule has 5 rings (SSSR count). The highest BCUT2D eigenvalue weighted by Crippen LogP contribution is 2.33. The number of hydrogen-bond donors (Lipinski definition) is 2. The standard InChI is InChI=1S/C26H23N5O5/c1-26(30-25(34)28-15-32,14-31-13-17-3-4-18(35-2)11-19(17)24(31)33)23-12-21-22(36-23)6-5-20(29-21)16-7-9-27-10-8-16/h3-12,15H,13-14H2,1-2H3,(H2,28,30,32,34)/t26-/m0/s1. The summed E-state index contributed by atoms with van der Waals surface area (Å²) in [6, 6.07) is 13.7. The van der Waals surface area contributed by atoms with E-state index in [9.17, 15) is 14.4 Å². The van der Waals surface area contributed by atoms with Gasteiger partial charge in [0, 0.05) is 36.1 Å². The molecule has 0 saturated carbocycles. The van der Waals surface area contributed by atoms with Crippen molar-refractivity contribution in [2.24, 2.45) is 0 Å². The zero-order valence-electron chi connectivity index (χ0n) is 19.6. The molecule has 1 aliphatic rings. The molecule has 0 radical (unpaired) electrons. The summed E-state index contributed by atoms with van der Waals surface area (Å²) in [6.07, 6.45) is 3.67. The summed E-state index contributed by atoms with van der Waals surface area (Å²) in [7, 11) is 1.54. The van der Waals surface area contributed by atoms with Crippen LogP contribution in [0.3, 0.4) is 0 Å². The van der Waals surface area contributed by atoms with Crippen LogP contribution in [0.25, 0.3) is 22.4 Å². The molecule has 0 saturated heterocycles. The molecule has 36 heavy (non-hydrogen) atoms. The van der Waals surface area contributed by atoms with Gasteiger partial charge in [0.25, 0.3) is 5.91 Å². The second-order valence-electron chi connectivity index (χ2n) is 8.66. The topological polar surface area (TPSA) is 127 Å². The number of carbonyl (C=O) groups excluding carboxylic acids is 3. The van der Waals surface area contributed by atoms with Crippen LogP contribution < -0.4 is 15.4 Å². The first-order valence-electron chi connectivity index (χ1n) is 11.2. The Balaban J connectivity index is 1.49. The molecule has 0 spiro atoms. The number of nitrogens with one attached hydrogen (secondary N) is 2. The Hall–Kier alpha value is -4.73. The maximum absolute atomic E-state index is 13.2. The number of aromatic nitrogens is 2. The molecule has 10 heteroatoms. The van der Waals surface area contributed by atoms with Gasteiger partial charge in [-0.25, -0.2) is 9.78 Å². The van der Waals surface area contributed by atoms with Crippen molar-refractivity contribution in [3.8, 4) is 17.0 Å². The van der Waals surface area contributed by atoms with Gasteiger partial charge >= 0.3 is 6.03 Å². The summed E-state index contributed by atoms with van der Waals surface area (Å²) in [5, 5.41) is 4.87. The van der Waals surface area contributed by atoms with Crippen LogP contribution in [0.15, 0.2) is 65.3 Å². The number of fused-ring (bicyclic) bond motifs is 2. The average molecular weight is 486 g/mol. The van der Waals surface area contributed by atoms with E-state index >= 15 is 0 Å². The van der Waals surface area contributed by atoms with Crippen LogP contribution in [0.1, 0.15) is 28.6 Å². The van der Waals surface area contributed by atoms with Crippen LogP contribution in [-0.4, -0.2) is 46.9 Å². The summed E-state index contributed by atoms with van der Waals surface area (Å²) >= 11 is 0. The van der Waals surface area contributed by atoms with E-state index in [4.69, 9.17) is 14.1 Å². The average Bonchev–Trinajstić information content (AvgIpc) is 3.45. The van der Waals surface area contributed by atoms with E-state index in [2.05, 4.69) is 15.6 Å². The van der Waals surface area contributed by atoms with Crippen molar-refractivity contribution in [3.05, 3.63) is 77.8 Å². The van der Waals surface area contributed by atoms with Gasteiger partial charge in [0.15, 0.2) is 5.58 Å². The molecule has 3 aromatic heterocycles. The molecule has 1 aromatic carbocycles. The van der Waals surface area contributed by atoms with E-state index in [1.165, 1.54) is 0 Å². The predicted molar refractivity (Wildman–Crippen MR) is 130 cm³/mol. The first kappa shape index (κ1) is 23.0. The minimum Gasteiger partial charge on any atom is -0.497 e. The van der Waals surface area contributed by atoms with Crippen LogP contribution in [0.2, 0.25) is 0 Å². The second-order valence-corrected chi connectivity index (χ2v) is 8.66. The maximum atomic E-state index is 13.2. The number of amides is 4. The Morgan fingerprint density at radius 2 is 2.00 bits per heavy atom. The van der Waals surface area contributed by atoms with Crippen LogP contribution >= 0.6 is 0 Å². The number of pyridine rings is 2. The molecule has 0 aliphatic carbocycles. The van der Waals surface area contributed by atoms with Crippen molar-refractivity contribution in [2.75, 3.05) is 13.7 Å². The van der Waals surface area contributed by atoms with Crippen LogP contribution in [0.5, 0.6) is 5.75 Å². The third-order valence-corrected chi connectivity index (χ3v) is 6.18. The van der Waals surface area contributed by atoms with Crippen molar-refractivity contribution in [1.29, 1.82) is 0 Å². The van der Waals surface area contributed by atoms with E-state index in [1.807, 2.05) is 24.3 Å². The van der Waals surface area contributed by atoms with Crippen LogP contribution in [0, 0.1) is 0 Å². The third-order valence-electron chi connectivity index (χ3n) is 6.18. The molecule has 1 aliphatic heterocycles. The molecule has 0 unspecified atom stereocenters. The Kier molecular flexibility index (Phi) is 5.85. The molecule has 1 atom stereocenters. The summed E-state index contributed by atoms with van der Waals surface area (Å²) in [5.41, 5.74) is 2.97. The highest BCUT2D eigenvalue weighted by atomic mass is 16.5. The summed E-state index contributed by atoms with van der Waals surface area (Å²) < 4.78 is 11.4. The zero-order valence-corrected chi connectivity index (χ0v) is 19.6. The van der Waals surface area contributed by atoms with Crippen molar-refractivity contribution < 1.29 is 23.5 Å². The highest BCUT2D eigenvalue weighted by molar-refractivity contribution is 5.99. The molecule has 2 N–H and O–H groups in total. The van der Waals surface area contributed by atoms with E-state index in [1.54, 1.807) is 55.6 Å². The van der Waals surface area contributed by atoms with Crippen LogP contribution in [0.4, 0.5) is 4.79 Å². The van der Waals surface area contributed by atoms with E-state index in [0.717, 1.165) is 16.8 Å². The van der Waals surface area contributed by atoms with Gasteiger partial charge in [-0.1, -0.05) is 6.07 Å². The van der Waals surface area contributed by atoms with Crippen LogP contribution in [-0.2, 0) is 16.9 Å². The van der Waals surface area contributed by atoms with E-state index < -0.39 is 11.6 Å². The zero-order chi connectivity index (χ0) is 25.3. The molecule has 4 aromatic rings. The maximum Gasteiger partial charge on any atom is 0.322 e. The number of methoxy groups -OCH3 is 1. The predicted octanol–water partition coefficient (Wildman–Crippen LogP) is 3.23. The van der Waals surface area contributed by atoms with Gasteiger partial charge in [0.1, 0.15) is 22.6 Å². The Bertz CT molecular complexity index is 1470. The summed E-state index contributed by atoms with van der Waals surface area (Å²) in [4.78, 5) is 46.8. The summed E-state index contributed by atoms with van der Waals surface area (Å²) in [5.74, 6) is 0.782. The lowest BCUT2D eigenvalue weighted by atomic mass is 9.98. The van der Waals surface area contributed by atoms with Gasteiger partial charge in [0.2, 0.25) is 6.41 Å². The van der Waals surface area contributed by atoms with Gasteiger partial charge in [-0.15, -0.1) is 0 Å². The molecular weight excluding hydrogens is 462 g/mol. The number of carbonyl (C=O) groups is 3. The molecule has 182 valence electrons. The van der Waals surface area contributed by atoms with Gasteiger partial charge in [-0.3, -0.25) is 19.9 Å². The quantitative estimate of drug-likeness (QED) is 0.385. The number of benzene rings is 1. The number of furan rings is 1. The molecular formula is C26H23N5O5. The van der Waals surface area contributed by atoms with Gasteiger partial charge < -0.3 is 19.4 Å². The van der Waals surface area contributed by atoms with Crippen molar-refractivity contribution in [1.82, 2.24) is 25.5 Å². The van der Waals surface area contributed by atoms with Crippen molar-refractivity contribution >= 4 is 29.4 Å². The number of urea groups is 1. The molecule has 0 fully saturated rings. The smallest absolute Gasteiger partial charge is 0.322 e. The highest BCUT2D eigenvalue weighted by Gasteiger charge is 2.39. The van der Waals surface area contributed by atoms with E-state index in [0.29, 0.717) is 41.1 Å². The Labute approximate surface area is 206 Å². The molecule has 4 heterocycles. The van der Waals surface area contributed by atoms with Gasteiger partial charge in [-0.05, 0) is 48.9 Å². The number of ether oxygens (including phenoxy) is 1. The fraction of sp³-hybridized carbons (Fsp3) is 0.192. The summed E-state index contributed by atoms with van der Waals surface area (Å²) in [6.45, 7) is 2.18. The number of rotatable bonds is 7. The molecule has 0 bridgehead atoms. The second kappa shape index (κ2) is 9.14. The molecule has 10 nitrogen and oxygen atoms in total. The monoisotopic (exact) mass is 485 g/mol. The first-order valence-corrected chi connectivity index (χ1v) is 11.2. The Morgan fingerprint density at radius 1 is 1.19 bits per heavy atom. The number of hydrogen-bond acceptors (Lipinski definition) is 7. The van der Waals surface area contributed by atoms with Crippen molar-refractivity contribution in [3.63, 3.8) is 0 Å². The van der Waals surface area contributed by atoms with Gasteiger partial charge in [-0.2, -0.15) is 0 Å². The fourth-order valence-corrected chi connectivity index (χ4v) is 4.38. The SMILES string of the molecule is COc1ccc2c(c1)C(=O)N(C[C@](C)(NC(=O)NC=O)c1cc3nc(-c4ccncc4)ccc3o1)C2. The minimum atomic E-state index is -1.17. The normalized spacial score (nSPS) is 14.3. The third kappa shape index (κ3) is 4.24.